The Morgan fingerprint density at radius 2 is 1.93 bits per heavy atom. The van der Waals surface area contributed by atoms with Gasteiger partial charge in [0.15, 0.2) is 14.6 Å². The number of carbonyl (C=O) groups is 1. The maximum absolute atomic E-state index is 11.6. The van der Waals surface area contributed by atoms with Gasteiger partial charge in [-0.2, -0.15) is 0 Å². The summed E-state index contributed by atoms with van der Waals surface area (Å²) in [6.07, 6.45) is 0.170. The van der Waals surface area contributed by atoms with Gasteiger partial charge in [-0.1, -0.05) is 0 Å². The molecule has 0 bridgehead atoms. The Hall–Kier alpha value is -0.660. The number of aliphatic carboxylic acids is 1. The van der Waals surface area contributed by atoms with Crippen LogP contribution in [-0.4, -0.2) is 43.2 Å². The molecule has 1 aliphatic heterocycles. The highest BCUT2D eigenvalue weighted by atomic mass is 32.2. The number of nitrogens with one attached hydrogen (secondary N) is 1. The largest absolute Gasteiger partial charge is 0.480 e. The number of piperidine rings is 1. The summed E-state index contributed by atoms with van der Waals surface area (Å²) in [5, 5.41) is 11.9. The third kappa shape index (κ3) is 1.62. The van der Waals surface area contributed by atoms with E-state index in [2.05, 4.69) is 5.32 Å². The molecule has 82 valence electrons. The monoisotopic (exact) mass is 222 g/mol. The smallest absolute Gasteiger partial charge is 0.325 e. The standard InChI is InChI=1S/C7H14N2O4S/c8-5-14(12,13)7(6(10)11)1-3-9-4-2-7/h9H,1-5,8H2,(H,10,11). The maximum atomic E-state index is 11.6. The van der Waals surface area contributed by atoms with Crippen LogP contribution in [0.15, 0.2) is 0 Å². The second kappa shape index (κ2) is 3.84. The molecule has 0 aromatic rings. The number of sulfone groups is 1. The van der Waals surface area contributed by atoms with E-state index in [0.717, 1.165) is 0 Å². The maximum Gasteiger partial charge on any atom is 0.325 e. The first-order valence-electron chi connectivity index (χ1n) is 4.33. The Bertz CT molecular complexity index is 319. The van der Waals surface area contributed by atoms with Crippen molar-refractivity contribution in [2.24, 2.45) is 5.73 Å². The molecule has 6 nitrogen and oxygen atoms in total. The minimum absolute atomic E-state index is 0.0852. The molecular formula is C7H14N2O4S. The van der Waals surface area contributed by atoms with Crippen molar-refractivity contribution < 1.29 is 18.3 Å². The van der Waals surface area contributed by atoms with E-state index in [1.165, 1.54) is 0 Å². The molecule has 0 atom stereocenters. The second-order valence-corrected chi connectivity index (χ2v) is 5.68. The molecule has 0 radical (unpaired) electrons. The molecule has 1 rings (SSSR count). The van der Waals surface area contributed by atoms with Crippen LogP contribution in [0.4, 0.5) is 0 Å². The second-order valence-electron chi connectivity index (χ2n) is 3.33. The van der Waals surface area contributed by atoms with Crippen LogP contribution in [0.2, 0.25) is 0 Å². The third-order valence-corrected chi connectivity index (χ3v) is 4.83. The van der Waals surface area contributed by atoms with Crippen LogP contribution in [0.3, 0.4) is 0 Å². The van der Waals surface area contributed by atoms with Crippen LogP contribution in [-0.2, 0) is 14.6 Å². The summed E-state index contributed by atoms with van der Waals surface area (Å²) in [7, 11) is -3.74. The number of hydrogen-bond donors (Lipinski definition) is 3. The molecule has 0 spiro atoms. The van der Waals surface area contributed by atoms with E-state index in [1.807, 2.05) is 0 Å². The predicted octanol–water partition coefficient (Wildman–Crippen LogP) is -1.48. The lowest BCUT2D eigenvalue weighted by atomic mass is 9.97. The molecule has 1 fully saturated rings. The average Bonchev–Trinajstić information content (AvgIpc) is 2.18. The van der Waals surface area contributed by atoms with Crippen LogP contribution >= 0.6 is 0 Å². The number of carboxylic acid groups (broad SMARTS) is 1. The molecule has 0 amide bonds. The van der Waals surface area contributed by atoms with Crippen LogP contribution < -0.4 is 11.1 Å². The summed E-state index contributed by atoms with van der Waals surface area (Å²) >= 11 is 0. The third-order valence-electron chi connectivity index (χ3n) is 2.62. The lowest BCUT2D eigenvalue weighted by molar-refractivity contribution is -0.140. The van der Waals surface area contributed by atoms with Gasteiger partial charge in [0, 0.05) is 0 Å². The first kappa shape index (κ1) is 11.4. The van der Waals surface area contributed by atoms with Gasteiger partial charge in [0.1, 0.15) is 0 Å². The lowest BCUT2D eigenvalue weighted by Gasteiger charge is -2.32. The van der Waals surface area contributed by atoms with Gasteiger partial charge in [-0.3, -0.25) is 4.79 Å². The molecule has 0 unspecified atom stereocenters. The van der Waals surface area contributed by atoms with Crippen molar-refractivity contribution in [3.8, 4) is 0 Å². The van der Waals surface area contributed by atoms with Crippen LogP contribution in [0, 0.1) is 0 Å². The molecule has 1 heterocycles. The Kier molecular flexibility index (Phi) is 3.13. The minimum atomic E-state index is -3.74. The molecule has 0 aromatic heterocycles. The summed E-state index contributed by atoms with van der Waals surface area (Å²) in [6.45, 7) is 0.789. The number of nitrogens with two attached hydrogens (primary N) is 1. The molecular weight excluding hydrogens is 208 g/mol. The Labute approximate surface area is 82.4 Å². The summed E-state index contributed by atoms with van der Waals surface area (Å²) < 4.78 is 21.5. The molecule has 0 aromatic carbocycles. The van der Waals surface area contributed by atoms with Gasteiger partial charge >= 0.3 is 5.97 Å². The van der Waals surface area contributed by atoms with E-state index >= 15 is 0 Å². The SMILES string of the molecule is NCS(=O)(=O)C1(C(=O)O)CCNCC1. The molecule has 14 heavy (non-hydrogen) atoms. The Balaban J connectivity index is 3.10. The van der Waals surface area contributed by atoms with Crippen molar-refractivity contribution >= 4 is 15.8 Å². The zero-order chi connectivity index (χ0) is 10.8. The van der Waals surface area contributed by atoms with Gasteiger partial charge < -0.3 is 16.2 Å². The van der Waals surface area contributed by atoms with Crippen molar-refractivity contribution in [2.75, 3.05) is 19.0 Å². The van der Waals surface area contributed by atoms with Crippen LogP contribution in [0.1, 0.15) is 12.8 Å². The molecule has 1 saturated heterocycles. The van der Waals surface area contributed by atoms with Gasteiger partial charge in [-0.15, -0.1) is 0 Å². The van der Waals surface area contributed by atoms with Gasteiger partial charge in [0.05, 0.1) is 5.88 Å². The molecule has 0 aliphatic carbocycles. The van der Waals surface area contributed by atoms with E-state index in [4.69, 9.17) is 10.8 Å². The Morgan fingerprint density at radius 3 is 2.29 bits per heavy atom. The van der Waals surface area contributed by atoms with Crippen molar-refractivity contribution in [3.63, 3.8) is 0 Å². The van der Waals surface area contributed by atoms with E-state index in [9.17, 15) is 13.2 Å². The first-order valence-corrected chi connectivity index (χ1v) is 5.98. The van der Waals surface area contributed by atoms with Crippen molar-refractivity contribution in [2.45, 2.75) is 17.6 Å². The molecule has 1 aliphatic rings. The van der Waals surface area contributed by atoms with Crippen molar-refractivity contribution in [3.05, 3.63) is 0 Å². The van der Waals surface area contributed by atoms with E-state index in [0.29, 0.717) is 13.1 Å². The Morgan fingerprint density at radius 1 is 1.43 bits per heavy atom. The number of hydrogen-bond acceptors (Lipinski definition) is 5. The normalized spacial score (nSPS) is 21.8. The highest BCUT2D eigenvalue weighted by Crippen LogP contribution is 2.28. The fourth-order valence-corrected chi connectivity index (χ4v) is 3.06. The highest BCUT2D eigenvalue weighted by Gasteiger charge is 2.50. The van der Waals surface area contributed by atoms with Gasteiger partial charge in [-0.05, 0) is 25.9 Å². The summed E-state index contributed by atoms with van der Waals surface area (Å²) in [4.78, 5) is 11.0. The zero-order valence-corrected chi connectivity index (χ0v) is 8.51. The minimum Gasteiger partial charge on any atom is -0.480 e. The summed E-state index contributed by atoms with van der Waals surface area (Å²) in [5.74, 6) is -1.90. The van der Waals surface area contributed by atoms with E-state index in [-0.39, 0.29) is 12.8 Å². The fourth-order valence-electron chi connectivity index (χ4n) is 1.65. The average molecular weight is 222 g/mol. The number of rotatable bonds is 3. The first-order chi connectivity index (χ1) is 6.46. The zero-order valence-electron chi connectivity index (χ0n) is 7.69. The van der Waals surface area contributed by atoms with Crippen LogP contribution in [0.25, 0.3) is 0 Å². The predicted molar refractivity (Wildman–Crippen MR) is 50.4 cm³/mol. The lowest BCUT2D eigenvalue weighted by Crippen LogP contribution is -2.55. The van der Waals surface area contributed by atoms with Gasteiger partial charge in [-0.25, -0.2) is 8.42 Å². The van der Waals surface area contributed by atoms with E-state index in [1.54, 1.807) is 0 Å². The van der Waals surface area contributed by atoms with Gasteiger partial charge in [0.2, 0.25) is 0 Å². The van der Waals surface area contributed by atoms with Crippen molar-refractivity contribution in [1.82, 2.24) is 5.32 Å². The molecule has 7 heteroatoms. The topological polar surface area (TPSA) is 109 Å². The quantitative estimate of drug-likeness (QED) is 0.537. The molecule has 4 N–H and O–H groups in total. The summed E-state index contributed by atoms with van der Waals surface area (Å²) in [5.41, 5.74) is 5.09. The van der Waals surface area contributed by atoms with Crippen molar-refractivity contribution in [1.29, 1.82) is 0 Å². The highest BCUT2D eigenvalue weighted by molar-refractivity contribution is 7.93. The van der Waals surface area contributed by atoms with Crippen LogP contribution in [0.5, 0.6) is 0 Å². The van der Waals surface area contributed by atoms with Gasteiger partial charge in [0.25, 0.3) is 0 Å². The number of carboxylic acids is 1. The van der Waals surface area contributed by atoms with E-state index < -0.39 is 26.4 Å². The summed E-state index contributed by atoms with van der Waals surface area (Å²) in [6, 6.07) is 0. The molecule has 0 saturated carbocycles. The fraction of sp³-hybridized carbons (Fsp3) is 0.857.